The molecule has 1 heterocycles. The van der Waals surface area contributed by atoms with Gasteiger partial charge in [0.25, 0.3) is 0 Å². The van der Waals surface area contributed by atoms with Gasteiger partial charge < -0.3 is 10.6 Å². The number of carbonyl (C=O) groups is 2. The summed E-state index contributed by atoms with van der Waals surface area (Å²) in [5.74, 6) is 0.655. The lowest BCUT2D eigenvalue weighted by Crippen LogP contribution is -2.36. The van der Waals surface area contributed by atoms with Gasteiger partial charge in [-0.15, -0.1) is 10.2 Å². The van der Waals surface area contributed by atoms with E-state index in [2.05, 4.69) is 45.1 Å². The van der Waals surface area contributed by atoms with E-state index in [0.717, 1.165) is 34.4 Å². The largest absolute Gasteiger partial charge is 0.352 e. The van der Waals surface area contributed by atoms with Crippen molar-refractivity contribution in [2.24, 2.45) is 0 Å². The van der Waals surface area contributed by atoms with E-state index in [1.165, 1.54) is 57.1 Å². The highest BCUT2D eigenvalue weighted by molar-refractivity contribution is 8.03. The van der Waals surface area contributed by atoms with Crippen LogP contribution in [-0.2, 0) is 35.3 Å². The maximum atomic E-state index is 12.4. The summed E-state index contributed by atoms with van der Waals surface area (Å²) in [6.45, 7) is 0. The van der Waals surface area contributed by atoms with E-state index >= 15 is 0 Å². The Morgan fingerprint density at radius 2 is 1.09 bits per heavy atom. The number of amides is 2. The zero-order chi connectivity index (χ0) is 22.6. The minimum Gasteiger partial charge on any atom is -0.352 e. The van der Waals surface area contributed by atoms with Crippen molar-refractivity contribution in [2.45, 2.75) is 46.4 Å². The van der Waals surface area contributed by atoms with Crippen LogP contribution in [0, 0.1) is 0 Å². The average Bonchev–Trinajstić information content (AvgIpc) is 3.53. The zero-order valence-corrected chi connectivity index (χ0v) is 20.4. The van der Waals surface area contributed by atoms with Crippen molar-refractivity contribution in [3.63, 3.8) is 0 Å². The Morgan fingerprint density at radius 3 is 1.45 bits per heavy atom. The van der Waals surface area contributed by atoms with Gasteiger partial charge in [0.1, 0.15) is 0 Å². The molecule has 0 radical (unpaired) electrons. The summed E-state index contributed by atoms with van der Waals surface area (Å²) in [7, 11) is 0. The molecule has 6 nitrogen and oxygen atoms in total. The smallest absolute Gasteiger partial charge is 0.230 e. The monoisotopic (exact) mass is 496 g/mol. The van der Waals surface area contributed by atoms with E-state index in [4.69, 9.17) is 0 Å². The molecule has 0 fully saturated rings. The second kappa shape index (κ2) is 10.3. The molecule has 1 aromatic heterocycles. The summed E-state index contributed by atoms with van der Waals surface area (Å²) in [5, 5.41) is 14.6. The molecule has 170 valence electrons. The van der Waals surface area contributed by atoms with E-state index < -0.39 is 0 Å². The number of thioether (sulfide) groups is 2. The molecule has 9 heteroatoms. The topological polar surface area (TPSA) is 84.0 Å². The Hall–Kier alpha value is -2.36. The fourth-order valence-electron chi connectivity index (χ4n) is 4.43. The van der Waals surface area contributed by atoms with Crippen LogP contribution in [0.3, 0.4) is 0 Å². The van der Waals surface area contributed by atoms with Gasteiger partial charge in [0, 0.05) is 12.1 Å². The number of aromatic nitrogens is 2. The van der Waals surface area contributed by atoms with Gasteiger partial charge in [-0.2, -0.15) is 0 Å². The molecule has 5 rings (SSSR count). The van der Waals surface area contributed by atoms with Gasteiger partial charge in [-0.3, -0.25) is 9.59 Å². The van der Waals surface area contributed by atoms with Crippen molar-refractivity contribution in [1.82, 2.24) is 20.8 Å². The first kappa shape index (κ1) is 22.4. The average molecular weight is 497 g/mol. The molecule has 0 aliphatic heterocycles. The van der Waals surface area contributed by atoms with E-state index in [-0.39, 0.29) is 23.9 Å². The van der Waals surface area contributed by atoms with Crippen molar-refractivity contribution in [3.8, 4) is 0 Å². The third-order valence-corrected chi connectivity index (χ3v) is 9.06. The molecule has 2 amide bonds. The minimum absolute atomic E-state index is 0.0131. The quantitative estimate of drug-likeness (QED) is 0.466. The molecular weight excluding hydrogens is 472 g/mol. The zero-order valence-electron chi connectivity index (χ0n) is 18.0. The van der Waals surface area contributed by atoms with Gasteiger partial charge in [-0.05, 0) is 47.9 Å². The molecule has 3 aromatic rings. The number of benzene rings is 2. The Kier molecular flexibility index (Phi) is 6.99. The molecule has 0 saturated carbocycles. The standard InChI is InChI=1S/C24H24N4O2S3/c29-21(25-19-9-15-5-1-2-6-16(15)10-19)13-31-23-27-28-24(33-23)32-14-22(30)26-20-11-17-7-3-4-8-18(17)12-20/h1-8,19-20H,9-14H2,(H,25,29)(H,26,30). The van der Waals surface area contributed by atoms with Gasteiger partial charge >= 0.3 is 0 Å². The van der Waals surface area contributed by atoms with Gasteiger partial charge in [0.2, 0.25) is 11.8 Å². The Morgan fingerprint density at radius 1 is 0.727 bits per heavy atom. The Labute approximate surface area is 205 Å². The van der Waals surface area contributed by atoms with Crippen molar-refractivity contribution >= 4 is 46.7 Å². The number of rotatable bonds is 8. The predicted octanol–water partition coefficient (Wildman–Crippen LogP) is 3.29. The molecule has 0 saturated heterocycles. The maximum absolute atomic E-state index is 12.4. The van der Waals surface area contributed by atoms with Crippen LogP contribution < -0.4 is 10.6 Å². The molecule has 0 spiro atoms. The first-order valence-electron chi connectivity index (χ1n) is 10.9. The molecule has 2 aliphatic carbocycles. The molecule has 2 N–H and O–H groups in total. The van der Waals surface area contributed by atoms with Gasteiger partial charge in [-0.1, -0.05) is 83.4 Å². The first-order chi connectivity index (χ1) is 16.1. The normalized spacial score (nSPS) is 15.3. The van der Waals surface area contributed by atoms with Crippen molar-refractivity contribution in [3.05, 3.63) is 70.8 Å². The van der Waals surface area contributed by atoms with E-state index in [9.17, 15) is 9.59 Å². The second-order valence-electron chi connectivity index (χ2n) is 8.29. The fraction of sp³-hybridized carbons (Fsp3) is 0.333. The van der Waals surface area contributed by atoms with Crippen LogP contribution in [-0.4, -0.2) is 45.6 Å². The summed E-state index contributed by atoms with van der Waals surface area (Å²) >= 11 is 4.20. The lowest BCUT2D eigenvalue weighted by molar-refractivity contribution is -0.120. The highest BCUT2D eigenvalue weighted by Gasteiger charge is 2.23. The van der Waals surface area contributed by atoms with Crippen LogP contribution in [0.2, 0.25) is 0 Å². The van der Waals surface area contributed by atoms with E-state index in [1.54, 1.807) is 0 Å². The van der Waals surface area contributed by atoms with Crippen molar-refractivity contribution < 1.29 is 9.59 Å². The van der Waals surface area contributed by atoms with Crippen LogP contribution in [0.15, 0.2) is 57.2 Å². The highest BCUT2D eigenvalue weighted by atomic mass is 32.2. The SMILES string of the molecule is O=C(CSc1nnc(SCC(=O)NC2Cc3ccccc3C2)s1)NC1Cc2ccccc2C1. The summed E-state index contributed by atoms with van der Waals surface area (Å²) in [4.78, 5) is 24.7. The van der Waals surface area contributed by atoms with Crippen LogP contribution in [0.5, 0.6) is 0 Å². The molecule has 0 atom stereocenters. The molecule has 0 unspecified atom stereocenters. The third kappa shape index (κ3) is 5.77. The second-order valence-corrected chi connectivity index (χ2v) is 11.7. The van der Waals surface area contributed by atoms with Crippen LogP contribution in [0.4, 0.5) is 0 Å². The Balaban J connectivity index is 1.01. The fourth-order valence-corrected chi connectivity index (χ4v) is 7.07. The summed E-state index contributed by atoms with van der Waals surface area (Å²) in [5.41, 5.74) is 5.29. The molecular formula is C24H24N4O2S3. The number of hydrogen-bond acceptors (Lipinski definition) is 7. The number of hydrogen-bond donors (Lipinski definition) is 2. The third-order valence-electron chi connectivity index (χ3n) is 5.87. The lowest BCUT2D eigenvalue weighted by atomic mass is 10.1. The van der Waals surface area contributed by atoms with Crippen LogP contribution in [0.25, 0.3) is 0 Å². The highest BCUT2D eigenvalue weighted by Crippen LogP contribution is 2.29. The number of fused-ring (bicyclic) bond motifs is 2. The van der Waals surface area contributed by atoms with Gasteiger partial charge in [0.15, 0.2) is 8.68 Å². The molecule has 0 bridgehead atoms. The first-order valence-corrected chi connectivity index (χ1v) is 13.7. The summed E-state index contributed by atoms with van der Waals surface area (Å²) in [6, 6.07) is 17.0. The molecule has 33 heavy (non-hydrogen) atoms. The van der Waals surface area contributed by atoms with E-state index in [1.807, 2.05) is 24.3 Å². The van der Waals surface area contributed by atoms with E-state index in [0.29, 0.717) is 11.5 Å². The van der Waals surface area contributed by atoms with Gasteiger partial charge in [-0.25, -0.2) is 0 Å². The van der Waals surface area contributed by atoms with Crippen molar-refractivity contribution in [2.75, 3.05) is 11.5 Å². The van der Waals surface area contributed by atoms with Crippen LogP contribution in [0.1, 0.15) is 22.3 Å². The van der Waals surface area contributed by atoms with Crippen molar-refractivity contribution in [1.29, 1.82) is 0 Å². The van der Waals surface area contributed by atoms with Crippen LogP contribution >= 0.6 is 34.9 Å². The summed E-state index contributed by atoms with van der Waals surface area (Å²) in [6.07, 6.45) is 3.56. The predicted molar refractivity (Wildman–Crippen MR) is 133 cm³/mol. The lowest BCUT2D eigenvalue weighted by Gasteiger charge is -2.11. The summed E-state index contributed by atoms with van der Waals surface area (Å²) < 4.78 is 1.49. The Bertz CT molecular complexity index is 1030. The number of nitrogens with one attached hydrogen (secondary N) is 2. The molecule has 2 aliphatic rings. The minimum atomic E-state index is 0.0131. The maximum Gasteiger partial charge on any atom is 0.230 e. The number of carbonyl (C=O) groups excluding carboxylic acids is 2. The number of nitrogens with zero attached hydrogens (tertiary/aromatic N) is 2. The van der Waals surface area contributed by atoms with Gasteiger partial charge in [0.05, 0.1) is 11.5 Å². The molecule has 2 aromatic carbocycles.